The van der Waals surface area contributed by atoms with Crippen molar-refractivity contribution in [3.05, 3.63) is 83.9 Å². The molecule has 0 atom stereocenters. The van der Waals surface area contributed by atoms with Crippen LogP contribution in [0.4, 0.5) is 25.8 Å². The average Bonchev–Trinajstić information content (AvgIpc) is 3.13. The molecule has 0 fully saturated rings. The summed E-state index contributed by atoms with van der Waals surface area (Å²) in [6, 6.07) is 18.6. The Bertz CT molecular complexity index is 1370. The number of nitrogens with zero attached hydrogens (tertiary/aromatic N) is 4. The number of hydrogen-bond donors (Lipinski definition) is 0. The second kappa shape index (κ2) is 10.3. The van der Waals surface area contributed by atoms with E-state index in [0.29, 0.717) is 35.6 Å². The molecule has 2 amide bonds. The van der Waals surface area contributed by atoms with E-state index in [2.05, 4.69) is 10.2 Å². The number of imide groups is 1. The molecule has 0 radical (unpaired) electrons. The first-order valence-electron chi connectivity index (χ1n) is 11.1. The maximum Gasteiger partial charge on any atom is 0.341 e. The number of anilines is 1. The molecule has 0 aromatic heterocycles. The third-order valence-corrected chi connectivity index (χ3v) is 7.15. The van der Waals surface area contributed by atoms with Crippen LogP contribution < -0.4 is 4.90 Å². The summed E-state index contributed by atoms with van der Waals surface area (Å²) in [7, 11) is -4.66. The molecule has 0 unspecified atom stereocenters. The number of rotatable bonds is 9. The van der Waals surface area contributed by atoms with Gasteiger partial charge in [0.1, 0.15) is 0 Å². The first-order valence-corrected chi connectivity index (χ1v) is 12.6. The van der Waals surface area contributed by atoms with Crippen LogP contribution in [0.2, 0.25) is 0 Å². The van der Waals surface area contributed by atoms with Crippen molar-refractivity contribution in [2.24, 2.45) is 10.2 Å². The molecule has 0 bridgehead atoms. The molecule has 0 spiro atoms. The Morgan fingerprint density at radius 2 is 1.33 bits per heavy atom. The summed E-state index contributed by atoms with van der Waals surface area (Å²) in [5, 5.41) is 8.10. The molecule has 11 heteroatoms. The van der Waals surface area contributed by atoms with Crippen molar-refractivity contribution in [3.63, 3.8) is 0 Å². The van der Waals surface area contributed by atoms with E-state index in [1.807, 2.05) is 24.0 Å². The van der Waals surface area contributed by atoms with E-state index in [1.165, 1.54) is 17.0 Å². The smallest absolute Gasteiger partial charge is 0.341 e. The minimum absolute atomic E-state index is 0.249. The molecule has 186 valence electrons. The molecule has 0 saturated carbocycles. The van der Waals surface area contributed by atoms with Crippen LogP contribution in [0.25, 0.3) is 0 Å². The standard InChI is InChI=1S/C25H22F2N4O4S/c1-2-30(15-16-31-23(32)21-5-3-4-6-22(21)24(31)33)19-11-7-17(8-12-19)28-29-18-9-13-20(14-10-18)36(34,35)25(26)27/h3-14,25H,2,15-16H2,1H3. The van der Waals surface area contributed by atoms with Gasteiger partial charge in [0.05, 0.1) is 27.4 Å². The number of benzene rings is 3. The summed E-state index contributed by atoms with van der Waals surface area (Å²) in [6.45, 7) is 3.32. The number of carbonyl (C=O) groups excluding carboxylic acids is 2. The van der Waals surface area contributed by atoms with Gasteiger partial charge in [-0.3, -0.25) is 14.5 Å². The number of halogens is 2. The molecule has 0 N–H and O–H groups in total. The molecule has 1 heterocycles. The normalized spacial score (nSPS) is 13.6. The Hall–Kier alpha value is -3.99. The van der Waals surface area contributed by atoms with E-state index < -0.39 is 20.5 Å². The third-order valence-electron chi connectivity index (χ3n) is 5.75. The van der Waals surface area contributed by atoms with E-state index in [-0.39, 0.29) is 18.4 Å². The van der Waals surface area contributed by atoms with Gasteiger partial charge in [0.25, 0.3) is 11.8 Å². The molecule has 1 aliphatic heterocycles. The minimum atomic E-state index is -4.66. The van der Waals surface area contributed by atoms with Crippen LogP contribution in [-0.2, 0) is 9.84 Å². The molecule has 8 nitrogen and oxygen atoms in total. The zero-order chi connectivity index (χ0) is 25.9. The highest BCUT2D eigenvalue weighted by atomic mass is 32.2. The Balaban J connectivity index is 1.38. The molecule has 3 aromatic rings. The van der Waals surface area contributed by atoms with E-state index >= 15 is 0 Å². The number of carbonyl (C=O) groups is 2. The summed E-state index contributed by atoms with van der Waals surface area (Å²) in [5.74, 6) is -4.07. The summed E-state index contributed by atoms with van der Waals surface area (Å²) in [6.07, 6.45) is 0. The third kappa shape index (κ3) is 5.01. The fourth-order valence-corrected chi connectivity index (χ4v) is 4.50. The van der Waals surface area contributed by atoms with E-state index in [4.69, 9.17) is 0 Å². The van der Waals surface area contributed by atoms with Crippen LogP contribution in [0.5, 0.6) is 0 Å². The zero-order valence-electron chi connectivity index (χ0n) is 19.2. The number of likely N-dealkylation sites (N-methyl/N-ethyl adjacent to an activating group) is 1. The Morgan fingerprint density at radius 3 is 1.81 bits per heavy atom. The van der Waals surface area contributed by atoms with Gasteiger partial charge in [0.15, 0.2) is 0 Å². The Kier molecular flexibility index (Phi) is 7.20. The highest BCUT2D eigenvalue weighted by molar-refractivity contribution is 7.91. The van der Waals surface area contributed by atoms with Crippen molar-refractivity contribution in [1.82, 2.24) is 4.90 Å². The lowest BCUT2D eigenvalue weighted by Crippen LogP contribution is -2.38. The molecule has 0 aliphatic carbocycles. The van der Waals surface area contributed by atoms with Crippen LogP contribution >= 0.6 is 0 Å². The maximum absolute atomic E-state index is 12.6. The lowest BCUT2D eigenvalue weighted by Gasteiger charge is -2.25. The molecule has 0 saturated heterocycles. The first kappa shape index (κ1) is 25.1. The number of sulfone groups is 1. The fourth-order valence-electron chi connectivity index (χ4n) is 3.78. The number of amides is 2. The monoisotopic (exact) mass is 512 g/mol. The summed E-state index contributed by atoms with van der Waals surface area (Å²) >= 11 is 0. The highest BCUT2D eigenvalue weighted by Crippen LogP contribution is 2.26. The zero-order valence-corrected chi connectivity index (χ0v) is 20.0. The maximum atomic E-state index is 12.6. The van der Waals surface area contributed by atoms with Gasteiger partial charge >= 0.3 is 5.76 Å². The van der Waals surface area contributed by atoms with Gasteiger partial charge in [-0.15, -0.1) is 0 Å². The van der Waals surface area contributed by atoms with E-state index in [0.717, 1.165) is 17.8 Å². The second-order valence-corrected chi connectivity index (χ2v) is 9.82. The largest absolute Gasteiger partial charge is 0.370 e. The lowest BCUT2D eigenvalue weighted by molar-refractivity contribution is 0.0658. The van der Waals surface area contributed by atoms with Crippen LogP contribution in [0.3, 0.4) is 0 Å². The summed E-state index contributed by atoms with van der Waals surface area (Å²) in [5.41, 5.74) is 2.55. The lowest BCUT2D eigenvalue weighted by atomic mass is 10.1. The van der Waals surface area contributed by atoms with E-state index in [9.17, 15) is 26.8 Å². The summed E-state index contributed by atoms with van der Waals surface area (Å²) < 4.78 is 48.3. The predicted octanol–water partition coefficient (Wildman–Crippen LogP) is 5.22. The van der Waals surface area contributed by atoms with Crippen molar-refractivity contribution in [2.45, 2.75) is 17.6 Å². The van der Waals surface area contributed by atoms with Gasteiger partial charge < -0.3 is 4.90 Å². The van der Waals surface area contributed by atoms with Crippen molar-refractivity contribution < 1.29 is 26.8 Å². The molecule has 4 rings (SSSR count). The van der Waals surface area contributed by atoms with Crippen molar-refractivity contribution >= 4 is 38.7 Å². The molecular weight excluding hydrogens is 490 g/mol. The number of azo groups is 1. The molecule has 1 aliphatic rings. The summed E-state index contributed by atoms with van der Waals surface area (Å²) in [4.78, 5) is 27.9. The SMILES string of the molecule is CCN(CCN1C(=O)c2ccccc2C1=O)c1ccc(N=Nc2ccc(S(=O)(=O)C(F)F)cc2)cc1. The predicted molar refractivity (Wildman–Crippen MR) is 130 cm³/mol. The average molecular weight is 513 g/mol. The quantitative estimate of drug-likeness (QED) is 0.289. The topological polar surface area (TPSA) is 99.5 Å². The van der Waals surface area contributed by atoms with Crippen molar-refractivity contribution in [3.8, 4) is 0 Å². The fraction of sp³-hybridized carbons (Fsp3) is 0.200. The molecule has 3 aromatic carbocycles. The second-order valence-electron chi connectivity index (χ2n) is 7.90. The van der Waals surface area contributed by atoms with Crippen LogP contribution in [0.1, 0.15) is 27.6 Å². The van der Waals surface area contributed by atoms with Crippen molar-refractivity contribution in [1.29, 1.82) is 0 Å². The van der Waals surface area contributed by atoms with Gasteiger partial charge in [-0.25, -0.2) is 8.42 Å². The molecule has 36 heavy (non-hydrogen) atoms. The highest BCUT2D eigenvalue weighted by Gasteiger charge is 2.34. The van der Waals surface area contributed by atoms with Gasteiger partial charge in [0, 0.05) is 25.3 Å². The first-order chi connectivity index (χ1) is 17.2. The van der Waals surface area contributed by atoms with Gasteiger partial charge in [-0.05, 0) is 67.6 Å². The minimum Gasteiger partial charge on any atom is -0.370 e. The van der Waals surface area contributed by atoms with Gasteiger partial charge in [-0.1, -0.05) is 12.1 Å². The Labute approximate surface area is 206 Å². The van der Waals surface area contributed by atoms with Gasteiger partial charge in [0.2, 0.25) is 9.84 Å². The molecular formula is C25H22F2N4O4S. The van der Waals surface area contributed by atoms with Crippen LogP contribution in [0, 0.1) is 0 Å². The number of alkyl halides is 2. The van der Waals surface area contributed by atoms with Crippen LogP contribution in [-0.4, -0.2) is 50.5 Å². The number of fused-ring (bicyclic) bond motifs is 1. The Morgan fingerprint density at radius 1 is 0.833 bits per heavy atom. The van der Waals surface area contributed by atoms with Gasteiger partial charge in [-0.2, -0.15) is 19.0 Å². The van der Waals surface area contributed by atoms with Crippen LogP contribution in [0.15, 0.2) is 87.9 Å². The van der Waals surface area contributed by atoms with E-state index in [1.54, 1.807) is 36.4 Å². The van der Waals surface area contributed by atoms with Crippen molar-refractivity contribution in [2.75, 3.05) is 24.5 Å². The number of hydrogen-bond acceptors (Lipinski definition) is 7.